The number of ether oxygens (including phenoxy) is 2. The molecule has 4 heteroatoms. The SMILES string of the molecule is CCOc1cccc([C@@H](O)CC(=O)OC)c1. The average molecular weight is 224 g/mol. The van der Waals surface area contributed by atoms with Crippen LogP contribution in [0.1, 0.15) is 25.0 Å². The Morgan fingerprint density at radius 3 is 2.88 bits per heavy atom. The summed E-state index contributed by atoms with van der Waals surface area (Å²) in [6, 6.07) is 7.05. The Kier molecular flexibility index (Phi) is 4.79. The number of hydrogen-bond acceptors (Lipinski definition) is 4. The van der Waals surface area contributed by atoms with Crippen LogP contribution in [0.25, 0.3) is 0 Å². The molecule has 0 spiro atoms. The highest BCUT2D eigenvalue weighted by Crippen LogP contribution is 2.21. The minimum absolute atomic E-state index is 0.0495. The molecule has 0 unspecified atom stereocenters. The Hall–Kier alpha value is -1.55. The molecule has 0 fully saturated rings. The van der Waals surface area contributed by atoms with Crippen LogP contribution in [-0.4, -0.2) is 24.8 Å². The smallest absolute Gasteiger partial charge is 0.308 e. The predicted octanol–water partition coefficient (Wildman–Crippen LogP) is 1.68. The van der Waals surface area contributed by atoms with Gasteiger partial charge in [0.2, 0.25) is 0 Å². The molecule has 0 aliphatic heterocycles. The van der Waals surface area contributed by atoms with Crippen molar-refractivity contribution in [1.82, 2.24) is 0 Å². The van der Waals surface area contributed by atoms with E-state index in [0.717, 1.165) is 0 Å². The molecule has 1 aromatic carbocycles. The summed E-state index contributed by atoms with van der Waals surface area (Å²) in [5.74, 6) is 0.248. The number of carbonyl (C=O) groups is 1. The Balaban J connectivity index is 2.71. The lowest BCUT2D eigenvalue weighted by atomic mass is 10.1. The second-order valence-corrected chi connectivity index (χ2v) is 3.30. The van der Waals surface area contributed by atoms with E-state index in [1.807, 2.05) is 6.92 Å². The Morgan fingerprint density at radius 1 is 1.50 bits per heavy atom. The van der Waals surface area contributed by atoms with Crippen LogP contribution in [0, 0.1) is 0 Å². The van der Waals surface area contributed by atoms with Crippen molar-refractivity contribution >= 4 is 5.97 Å². The van der Waals surface area contributed by atoms with E-state index in [9.17, 15) is 9.90 Å². The van der Waals surface area contributed by atoms with Crippen molar-refractivity contribution in [1.29, 1.82) is 0 Å². The molecule has 0 aromatic heterocycles. The van der Waals surface area contributed by atoms with Crippen molar-refractivity contribution in [3.8, 4) is 5.75 Å². The van der Waals surface area contributed by atoms with E-state index >= 15 is 0 Å². The number of aliphatic hydroxyl groups excluding tert-OH is 1. The molecule has 1 atom stereocenters. The summed E-state index contributed by atoms with van der Waals surface area (Å²) in [6.07, 6.45) is -0.903. The molecule has 0 heterocycles. The molecular weight excluding hydrogens is 208 g/mol. The summed E-state index contributed by atoms with van der Waals surface area (Å²) in [6.45, 7) is 2.45. The van der Waals surface area contributed by atoms with E-state index in [0.29, 0.717) is 17.9 Å². The first kappa shape index (κ1) is 12.5. The molecular formula is C12H16O4. The third kappa shape index (κ3) is 3.55. The van der Waals surface area contributed by atoms with Gasteiger partial charge in [0.25, 0.3) is 0 Å². The zero-order valence-corrected chi connectivity index (χ0v) is 9.47. The van der Waals surface area contributed by atoms with Crippen LogP contribution in [0.5, 0.6) is 5.75 Å². The van der Waals surface area contributed by atoms with E-state index in [2.05, 4.69) is 4.74 Å². The van der Waals surface area contributed by atoms with Crippen LogP contribution in [0.4, 0.5) is 0 Å². The van der Waals surface area contributed by atoms with Gasteiger partial charge in [0.05, 0.1) is 26.2 Å². The lowest BCUT2D eigenvalue weighted by Gasteiger charge is -2.11. The van der Waals surface area contributed by atoms with Gasteiger partial charge in [0.15, 0.2) is 0 Å². The van der Waals surface area contributed by atoms with E-state index in [-0.39, 0.29) is 6.42 Å². The Labute approximate surface area is 94.8 Å². The first-order chi connectivity index (χ1) is 7.67. The van der Waals surface area contributed by atoms with Crippen molar-refractivity contribution in [3.05, 3.63) is 29.8 Å². The highest BCUT2D eigenvalue weighted by molar-refractivity contribution is 5.70. The summed E-state index contributed by atoms with van der Waals surface area (Å²) in [5.41, 5.74) is 0.649. The van der Waals surface area contributed by atoms with Gasteiger partial charge in [-0.05, 0) is 24.6 Å². The summed E-state index contributed by atoms with van der Waals surface area (Å²) in [4.78, 5) is 11.0. The van der Waals surface area contributed by atoms with Gasteiger partial charge in [0, 0.05) is 0 Å². The lowest BCUT2D eigenvalue weighted by molar-refractivity contribution is -0.142. The molecule has 0 aliphatic rings. The maximum absolute atomic E-state index is 11.0. The van der Waals surface area contributed by atoms with Crippen LogP contribution in [0.3, 0.4) is 0 Å². The van der Waals surface area contributed by atoms with Crippen LogP contribution in [0.2, 0.25) is 0 Å². The number of methoxy groups -OCH3 is 1. The standard InChI is InChI=1S/C12H16O4/c1-3-16-10-6-4-5-9(7-10)11(13)8-12(14)15-2/h4-7,11,13H,3,8H2,1-2H3/t11-/m0/s1. The molecule has 0 saturated heterocycles. The molecule has 1 rings (SSSR count). The van der Waals surface area contributed by atoms with Crippen molar-refractivity contribution in [2.45, 2.75) is 19.4 Å². The largest absolute Gasteiger partial charge is 0.494 e. The fraction of sp³-hybridized carbons (Fsp3) is 0.417. The van der Waals surface area contributed by atoms with Crippen molar-refractivity contribution in [3.63, 3.8) is 0 Å². The second-order valence-electron chi connectivity index (χ2n) is 3.30. The van der Waals surface area contributed by atoms with Gasteiger partial charge in [-0.1, -0.05) is 12.1 Å². The van der Waals surface area contributed by atoms with Gasteiger partial charge in [-0.3, -0.25) is 4.79 Å². The van der Waals surface area contributed by atoms with E-state index in [1.54, 1.807) is 24.3 Å². The maximum Gasteiger partial charge on any atom is 0.308 e. The highest BCUT2D eigenvalue weighted by Gasteiger charge is 2.13. The summed E-state index contributed by atoms with van der Waals surface area (Å²) < 4.78 is 9.79. The van der Waals surface area contributed by atoms with Crippen molar-refractivity contribution in [2.75, 3.05) is 13.7 Å². The second kappa shape index (κ2) is 6.12. The quantitative estimate of drug-likeness (QED) is 0.773. The fourth-order valence-corrected chi connectivity index (χ4v) is 1.34. The maximum atomic E-state index is 11.0. The van der Waals surface area contributed by atoms with E-state index in [1.165, 1.54) is 7.11 Å². The molecule has 16 heavy (non-hydrogen) atoms. The molecule has 1 aromatic rings. The minimum atomic E-state index is -0.854. The normalized spacial score (nSPS) is 11.9. The Morgan fingerprint density at radius 2 is 2.25 bits per heavy atom. The number of esters is 1. The monoisotopic (exact) mass is 224 g/mol. The van der Waals surface area contributed by atoms with Gasteiger partial charge >= 0.3 is 5.97 Å². The van der Waals surface area contributed by atoms with Gasteiger partial charge in [-0.25, -0.2) is 0 Å². The lowest BCUT2D eigenvalue weighted by Crippen LogP contribution is -2.08. The molecule has 0 radical (unpaired) electrons. The topological polar surface area (TPSA) is 55.8 Å². The minimum Gasteiger partial charge on any atom is -0.494 e. The molecule has 0 bridgehead atoms. The van der Waals surface area contributed by atoms with Gasteiger partial charge in [-0.15, -0.1) is 0 Å². The summed E-state index contributed by atoms with van der Waals surface area (Å²) in [5, 5.41) is 9.76. The predicted molar refractivity (Wildman–Crippen MR) is 59.2 cm³/mol. The van der Waals surface area contributed by atoms with Crippen molar-refractivity contribution in [2.24, 2.45) is 0 Å². The van der Waals surface area contributed by atoms with Crippen LogP contribution in [-0.2, 0) is 9.53 Å². The Bertz CT molecular complexity index is 349. The van der Waals surface area contributed by atoms with E-state index in [4.69, 9.17) is 4.74 Å². The van der Waals surface area contributed by atoms with Gasteiger partial charge in [-0.2, -0.15) is 0 Å². The molecule has 1 N–H and O–H groups in total. The van der Waals surface area contributed by atoms with Crippen LogP contribution >= 0.6 is 0 Å². The third-order valence-corrected chi connectivity index (χ3v) is 2.14. The zero-order chi connectivity index (χ0) is 12.0. The highest BCUT2D eigenvalue weighted by atomic mass is 16.5. The number of aliphatic hydroxyl groups is 1. The van der Waals surface area contributed by atoms with Gasteiger partial charge in [0.1, 0.15) is 5.75 Å². The first-order valence-corrected chi connectivity index (χ1v) is 5.15. The van der Waals surface area contributed by atoms with Crippen molar-refractivity contribution < 1.29 is 19.4 Å². The number of benzene rings is 1. The molecule has 0 aliphatic carbocycles. The van der Waals surface area contributed by atoms with E-state index < -0.39 is 12.1 Å². The number of hydrogen-bond donors (Lipinski definition) is 1. The zero-order valence-electron chi connectivity index (χ0n) is 9.47. The number of rotatable bonds is 5. The number of carbonyl (C=O) groups excluding carboxylic acids is 1. The van der Waals surface area contributed by atoms with Gasteiger partial charge < -0.3 is 14.6 Å². The molecule has 4 nitrogen and oxygen atoms in total. The summed E-state index contributed by atoms with van der Waals surface area (Å²) >= 11 is 0. The van der Waals surface area contributed by atoms with Crippen LogP contribution < -0.4 is 4.74 Å². The average Bonchev–Trinajstić information content (AvgIpc) is 2.29. The summed E-state index contributed by atoms with van der Waals surface area (Å²) in [7, 11) is 1.30. The van der Waals surface area contributed by atoms with Crippen LogP contribution in [0.15, 0.2) is 24.3 Å². The third-order valence-electron chi connectivity index (χ3n) is 2.14. The first-order valence-electron chi connectivity index (χ1n) is 5.15. The fourth-order valence-electron chi connectivity index (χ4n) is 1.34. The molecule has 88 valence electrons. The molecule has 0 saturated carbocycles. The molecule has 0 amide bonds.